The Labute approximate surface area is 383 Å². The minimum absolute atomic E-state index is 0.352. The topological polar surface area (TPSA) is 56.7 Å². The number of hydrogen-bond donors (Lipinski definition) is 0. The van der Waals surface area contributed by atoms with Crippen molar-refractivity contribution in [1.29, 1.82) is 0 Å². The molecule has 0 saturated heterocycles. The maximum absolute atomic E-state index is 7.18. The van der Waals surface area contributed by atoms with Crippen molar-refractivity contribution in [3.63, 3.8) is 0 Å². The molecule has 0 fully saturated rings. The molecule has 14 rings (SSSR count). The van der Waals surface area contributed by atoms with Crippen LogP contribution >= 0.6 is 11.3 Å². The first-order chi connectivity index (χ1) is 32.6. The van der Waals surface area contributed by atoms with Gasteiger partial charge in [0, 0.05) is 47.5 Å². The number of thiophene rings is 1. The average Bonchev–Trinajstić information content (AvgIpc) is 4.05. The number of benzene rings is 9. The first-order valence-electron chi connectivity index (χ1n) is 22.6. The Morgan fingerprint density at radius 1 is 0.545 bits per heavy atom. The number of para-hydroxylation sites is 1. The van der Waals surface area contributed by atoms with Crippen molar-refractivity contribution < 1.29 is 4.42 Å². The van der Waals surface area contributed by atoms with Crippen LogP contribution in [0.3, 0.4) is 0 Å². The molecule has 1 aliphatic rings. The Hall–Kier alpha value is -8.19. The fourth-order valence-corrected chi connectivity index (χ4v) is 11.9. The Kier molecular flexibility index (Phi) is 8.12. The van der Waals surface area contributed by atoms with Crippen LogP contribution in [0.5, 0.6) is 0 Å². The van der Waals surface area contributed by atoms with Crippen molar-refractivity contribution in [1.82, 2.24) is 19.5 Å². The van der Waals surface area contributed by atoms with Crippen molar-refractivity contribution in [3.8, 4) is 51.0 Å². The molecule has 1 aliphatic carbocycles. The fourth-order valence-electron chi connectivity index (χ4n) is 10.6. The molecule has 13 aromatic rings. The second-order valence-corrected chi connectivity index (χ2v) is 18.5. The summed E-state index contributed by atoms with van der Waals surface area (Å²) in [6, 6.07) is 64.8. The fraction of sp³-hybridized carbons (Fsp3) is 0.0500. The highest BCUT2D eigenvalue weighted by molar-refractivity contribution is 7.26. The third-order valence-corrected chi connectivity index (χ3v) is 14.9. The SMILES string of the molecule is CC1CC=Cc2c1c1cc3ccccc3cc1n2-c1c2ccccc2c(-c2nc(-c3cccc(-c4ccccc4)c3)nc(-c3cccc4c3sc3ccccc34)n2)c2oc3ccccc3c12. The normalized spacial score (nSPS) is 13.9. The van der Waals surface area contributed by atoms with E-state index in [9.17, 15) is 0 Å². The van der Waals surface area contributed by atoms with Gasteiger partial charge in [0.1, 0.15) is 11.2 Å². The second kappa shape index (κ2) is 14.4. The zero-order valence-electron chi connectivity index (χ0n) is 35.9. The number of aromatic nitrogens is 4. The number of fused-ring (bicyclic) bond motifs is 11. The van der Waals surface area contributed by atoms with E-state index >= 15 is 0 Å². The van der Waals surface area contributed by atoms with Crippen molar-refractivity contribution in [3.05, 3.63) is 199 Å². The highest BCUT2D eigenvalue weighted by Gasteiger charge is 2.30. The summed E-state index contributed by atoms with van der Waals surface area (Å²) >= 11 is 1.78. The largest absolute Gasteiger partial charge is 0.455 e. The van der Waals surface area contributed by atoms with Gasteiger partial charge < -0.3 is 8.98 Å². The van der Waals surface area contributed by atoms with Gasteiger partial charge >= 0.3 is 0 Å². The van der Waals surface area contributed by atoms with E-state index in [-0.39, 0.29) is 0 Å². The van der Waals surface area contributed by atoms with Gasteiger partial charge in [-0.3, -0.25) is 0 Å². The van der Waals surface area contributed by atoms with Crippen LogP contribution in [0.25, 0.3) is 132 Å². The van der Waals surface area contributed by atoms with E-state index in [0.29, 0.717) is 23.4 Å². The summed E-state index contributed by atoms with van der Waals surface area (Å²) in [4.78, 5) is 16.4. The third-order valence-electron chi connectivity index (χ3n) is 13.6. The van der Waals surface area contributed by atoms with Gasteiger partial charge in [-0.1, -0.05) is 159 Å². The molecule has 0 radical (unpaired) electrons. The monoisotopic (exact) mass is 862 g/mol. The lowest BCUT2D eigenvalue weighted by Gasteiger charge is -2.20. The molecule has 4 aromatic heterocycles. The molecule has 0 saturated carbocycles. The van der Waals surface area contributed by atoms with Crippen LogP contribution in [0.1, 0.15) is 30.5 Å². The lowest BCUT2D eigenvalue weighted by Crippen LogP contribution is -2.05. The molecule has 0 bridgehead atoms. The Morgan fingerprint density at radius 2 is 1.21 bits per heavy atom. The van der Waals surface area contributed by atoms with Gasteiger partial charge in [-0.05, 0) is 87.7 Å². The Morgan fingerprint density at radius 3 is 2.09 bits per heavy atom. The summed E-state index contributed by atoms with van der Waals surface area (Å²) in [6.45, 7) is 2.36. The standard InChI is InChI=1S/C60H38N4OS/c1-35-16-13-29-48-52(35)47-33-38-19-5-6-20-39(38)34-49(47)64(48)55-43-25-8-7-24-42(43)54(56-53(55)45-26-9-11-30-50(45)65-56)60-62-58(40-22-14-21-37(32-40)36-17-3-2-4-18-36)61-59(63-60)46-28-15-27-44-41-23-10-12-31-51(41)66-57(44)46/h2-15,17-35H,16H2,1H3. The van der Waals surface area contributed by atoms with E-state index in [4.69, 9.17) is 19.4 Å². The molecular formula is C60H38N4OS. The predicted molar refractivity (Wildman–Crippen MR) is 276 cm³/mol. The van der Waals surface area contributed by atoms with Gasteiger partial charge in [0.25, 0.3) is 0 Å². The van der Waals surface area contributed by atoms with Gasteiger partial charge in [0.15, 0.2) is 17.5 Å². The maximum Gasteiger partial charge on any atom is 0.168 e. The van der Waals surface area contributed by atoms with Crippen LogP contribution in [0.4, 0.5) is 0 Å². The first kappa shape index (κ1) is 37.2. The molecule has 0 amide bonds. The first-order valence-corrected chi connectivity index (χ1v) is 23.4. The molecule has 0 N–H and O–H groups in total. The Balaban J connectivity index is 1.11. The molecule has 1 unspecified atom stereocenters. The molecule has 4 heterocycles. The lowest BCUT2D eigenvalue weighted by atomic mass is 9.90. The lowest BCUT2D eigenvalue weighted by molar-refractivity contribution is 0.670. The van der Waals surface area contributed by atoms with Crippen LogP contribution < -0.4 is 0 Å². The molecule has 0 aliphatic heterocycles. The number of hydrogen-bond acceptors (Lipinski definition) is 5. The van der Waals surface area contributed by atoms with Crippen molar-refractivity contribution >= 4 is 92.0 Å². The van der Waals surface area contributed by atoms with Gasteiger partial charge in [0.05, 0.1) is 27.8 Å². The molecule has 6 heteroatoms. The molecule has 1 atom stereocenters. The quantitative estimate of drug-likeness (QED) is 0.173. The number of nitrogens with zero attached hydrogens (tertiary/aromatic N) is 4. The van der Waals surface area contributed by atoms with E-state index < -0.39 is 0 Å². The summed E-state index contributed by atoms with van der Waals surface area (Å²) in [5, 5.41) is 10.3. The van der Waals surface area contributed by atoms with Gasteiger partial charge in [-0.2, -0.15) is 0 Å². The molecule has 66 heavy (non-hydrogen) atoms. The molecule has 0 spiro atoms. The van der Waals surface area contributed by atoms with Crippen LogP contribution in [-0.4, -0.2) is 19.5 Å². The van der Waals surface area contributed by atoms with Crippen molar-refractivity contribution in [2.75, 3.05) is 0 Å². The molecule has 310 valence electrons. The minimum Gasteiger partial charge on any atom is -0.455 e. The highest BCUT2D eigenvalue weighted by atomic mass is 32.1. The molecular weight excluding hydrogens is 825 g/mol. The average molecular weight is 863 g/mol. The van der Waals surface area contributed by atoms with E-state index in [1.807, 2.05) is 6.07 Å². The second-order valence-electron chi connectivity index (χ2n) is 17.5. The predicted octanol–water partition coefficient (Wildman–Crippen LogP) is 16.6. The van der Waals surface area contributed by atoms with Crippen LogP contribution in [0, 0.1) is 0 Å². The van der Waals surface area contributed by atoms with E-state index in [0.717, 1.165) is 77.3 Å². The molecule has 9 aromatic carbocycles. The van der Waals surface area contributed by atoms with Crippen molar-refractivity contribution in [2.24, 2.45) is 0 Å². The van der Waals surface area contributed by atoms with Gasteiger partial charge in [-0.15, -0.1) is 11.3 Å². The highest BCUT2D eigenvalue weighted by Crippen LogP contribution is 2.49. The van der Waals surface area contributed by atoms with Crippen LogP contribution in [0.15, 0.2) is 192 Å². The minimum atomic E-state index is 0.352. The number of allylic oxidation sites excluding steroid dienone is 1. The van der Waals surface area contributed by atoms with Crippen LogP contribution in [-0.2, 0) is 0 Å². The molecule has 5 nitrogen and oxygen atoms in total. The van der Waals surface area contributed by atoms with E-state index in [2.05, 4.69) is 200 Å². The van der Waals surface area contributed by atoms with Gasteiger partial charge in [0.2, 0.25) is 0 Å². The summed E-state index contributed by atoms with van der Waals surface area (Å²) in [5.41, 5.74) is 11.4. The number of furan rings is 1. The zero-order chi connectivity index (χ0) is 43.5. The summed E-state index contributed by atoms with van der Waals surface area (Å²) in [7, 11) is 0. The van der Waals surface area contributed by atoms with E-state index in [1.165, 1.54) is 48.4 Å². The summed E-state index contributed by atoms with van der Waals surface area (Å²) in [5.74, 6) is 2.12. The summed E-state index contributed by atoms with van der Waals surface area (Å²) < 4.78 is 12.1. The van der Waals surface area contributed by atoms with Crippen molar-refractivity contribution in [2.45, 2.75) is 19.3 Å². The Bertz CT molecular complexity index is 4170. The summed E-state index contributed by atoms with van der Waals surface area (Å²) in [6.07, 6.45) is 5.66. The third kappa shape index (κ3) is 5.55. The van der Waals surface area contributed by atoms with E-state index in [1.54, 1.807) is 11.3 Å². The number of rotatable bonds is 5. The van der Waals surface area contributed by atoms with Crippen LogP contribution in [0.2, 0.25) is 0 Å². The van der Waals surface area contributed by atoms with Gasteiger partial charge in [-0.25, -0.2) is 15.0 Å². The maximum atomic E-state index is 7.18. The smallest absolute Gasteiger partial charge is 0.168 e. The zero-order valence-corrected chi connectivity index (χ0v) is 36.7.